The fraction of sp³-hybridized carbons (Fsp3) is 0.0870. The molecule has 3 aromatic rings. The second-order valence-electron chi connectivity index (χ2n) is 6.14. The number of hydrogen-bond donors (Lipinski definition) is 1. The number of nitrogens with zero attached hydrogens (tertiary/aromatic N) is 1. The molecular formula is C23H19FN2O2. The van der Waals surface area contributed by atoms with E-state index in [1.54, 1.807) is 42.6 Å². The zero-order valence-electron chi connectivity index (χ0n) is 15.4. The van der Waals surface area contributed by atoms with E-state index in [9.17, 15) is 9.18 Å². The molecule has 0 fully saturated rings. The molecule has 0 aliphatic heterocycles. The van der Waals surface area contributed by atoms with Crippen LogP contribution in [0.4, 0.5) is 10.2 Å². The van der Waals surface area contributed by atoms with E-state index in [0.717, 1.165) is 21.9 Å². The van der Waals surface area contributed by atoms with Gasteiger partial charge in [0.1, 0.15) is 11.6 Å². The van der Waals surface area contributed by atoms with Gasteiger partial charge >= 0.3 is 0 Å². The molecule has 0 saturated heterocycles. The lowest BCUT2D eigenvalue weighted by atomic mass is 10.0. The minimum absolute atomic E-state index is 0.318. The molecule has 3 rings (SSSR count). The van der Waals surface area contributed by atoms with Gasteiger partial charge in [-0.05, 0) is 59.0 Å². The monoisotopic (exact) mass is 374 g/mol. The van der Waals surface area contributed by atoms with Gasteiger partial charge in [-0.2, -0.15) is 0 Å². The van der Waals surface area contributed by atoms with E-state index < -0.39 is 6.36 Å². The number of anilines is 1. The van der Waals surface area contributed by atoms with Crippen molar-refractivity contribution in [3.8, 4) is 5.75 Å². The summed E-state index contributed by atoms with van der Waals surface area (Å²) in [5.41, 5.74) is 4.86. The van der Waals surface area contributed by atoms with E-state index in [1.807, 2.05) is 18.2 Å². The van der Waals surface area contributed by atoms with Gasteiger partial charge in [0.15, 0.2) is 0 Å². The number of rotatable bonds is 6. The number of nitrogens with one attached hydrogen (secondary N) is 1. The van der Waals surface area contributed by atoms with Crippen LogP contribution in [0.5, 0.6) is 5.75 Å². The molecular weight excluding hydrogens is 355 g/mol. The maximum atomic E-state index is 12.9. The van der Waals surface area contributed by atoms with Gasteiger partial charge in [0, 0.05) is 24.1 Å². The highest BCUT2D eigenvalue weighted by Crippen LogP contribution is 2.23. The Labute approximate surface area is 162 Å². The predicted molar refractivity (Wildman–Crippen MR) is 110 cm³/mol. The van der Waals surface area contributed by atoms with Gasteiger partial charge in [0.25, 0.3) is 5.91 Å². The Morgan fingerprint density at radius 1 is 1.18 bits per heavy atom. The lowest BCUT2D eigenvalue weighted by Crippen LogP contribution is -2.13. The largest absolute Gasteiger partial charge is 0.461 e. The molecule has 0 saturated carbocycles. The van der Waals surface area contributed by atoms with E-state index in [2.05, 4.69) is 29.2 Å². The number of fused-ring (bicyclic) bond motifs is 1. The fourth-order valence-corrected chi connectivity index (χ4v) is 2.68. The molecule has 140 valence electrons. The number of ether oxygens (including phenoxy) is 1. The maximum Gasteiger partial charge on any atom is 0.256 e. The molecule has 0 radical (unpaired) electrons. The number of hydrogen-bond acceptors (Lipinski definition) is 3. The fourth-order valence-electron chi connectivity index (χ4n) is 2.68. The first kappa shape index (κ1) is 19.1. The topological polar surface area (TPSA) is 51.2 Å². The lowest BCUT2D eigenvalue weighted by molar-refractivity contribution is 0.0860. The second-order valence-corrected chi connectivity index (χ2v) is 6.14. The highest BCUT2D eigenvalue weighted by Gasteiger charge is 2.09. The first-order valence-electron chi connectivity index (χ1n) is 8.63. The van der Waals surface area contributed by atoms with Crippen molar-refractivity contribution in [1.29, 1.82) is 0 Å². The molecule has 5 heteroatoms. The summed E-state index contributed by atoms with van der Waals surface area (Å²) in [5.74, 6) is 0.468. The number of carbonyl (C=O) groups is 1. The number of allylic oxidation sites excluding steroid dienone is 2. The van der Waals surface area contributed by atoms with Crippen LogP contribution in [-0.2, 0) is 0 Å². The number of amides is 1. The van der Waals surface area contributed by atoms with Gasteiger partial charge in [-0.15, -0.1) is 5.73 Å². The standard InChI is InChI=1S/C23H19FN2O2/c1-4-5-15(2)18-6-7-19-14-25-22(13-20(19)12-18)26-23(27)17-8-10-21(11-9-17)28-16(3)24/h5-14,16H,1-2H2,3H3,(H,25,26,27). The molecule has 1 heterocycles. The van der Waals surface area contributed by atoms with Gasteiger partial charge in [-0.1, -0.05) is 25.3 Å². The molecule has 0 aliphatic carbocycles. The molecule has 28 heavy (non-hydrogen) atoms. The number of carbonyl (C=O) groups excluding carboxylic acids is 1. The summed E-state index contributed by atoms with van der Waals surface area (Å²) < 4.78 is 17.8. The normalized spacial score (nSPS) is 11.4. The zero-order chi connectivity index (χ0) is 20.1. The van der Waals surface area contributed by atoms with Crippen LogP contribution in [0.1, 0.15) is 22.8 Å². The molecule has 2 aromatic carbocycles. The van der Waals surface area contributed by atoms with Crippen molar-refractivity contribution in [3.05, 3.63) is 90.8 Å². The molecule has 1 aromatic heterocycles. The minimum atomic E-state index is -1.41. The van der Waals surface area contributed by atoms with Crippen LogP contribution >= 0.6 is 0 Å². The third-order valence-corrected chi connectivity index (χ3v) is 4.03. The SMILES string of the molecule is C=C=CC(=C)c1ccc2cnc(NC(=O)c3ccc(OC(C)F)cc3)cc2c1. The summed E-state index contributed by atoms with van der Waals surface area (Å²) in [7, 11) is 0. The lowest BCUT2D eigenvalue weighted by Gasteiger charge is -2.09. The van der Waals surface area contributed by atoms with E-state index in [0.29, 0.717) is 17.1 Å². The van der Waals surface area contributed by atoms with Crippen molar-refractivity contribution < 1.29 is 13.9 Å². The van der Waals surface area contributed by atoms with Gasteiger partial charge in [0.05, 0.1) is 0 Å². The summed E-state index contributed by atoms with van der Waals surface area (Å²) in [6.45, 7) is 8.83. The van der Waals surface area contributed by atoms with Gasteiger partial charge < -0.3 is 10.1 Å². The van der Waals surface area contributed by atoms with Gasteiger partial charge in [-0.3, -0.25) is 4.79 Å². The van der Waals surface area contributed by atoms with E-state index in [1.165, 1.54) is 6.92 Å². The van der Waals surface area contributed by atoms with E-state index >= 15 is 0 Å². The van der Waals surface area contributed by atoms with Crippen molar-refractivity contribution in [1.82, 2.24) is 4.98 Å². The van der Waals surface area contributed by atoms with Crippen LogP contribution in [0.25, 0.3) is 16.3 Å². The Morgan fingerprint density at radius 2 is 1.89 bits per heavy atom. The number of aromatic nitrogens is 1. The highest BCUT2D eigenvalue weighted by atomic mass is 19.1. The zero-order valence-corrected chi connectivity index (χ0v) is 15.4. The van der Waals surface area contributed by atoms with Crippen molar-refractivity contribution in [3.63, 3.8) is 0 Å². The van der Waals surface area contributed by atoms with Crippen LogP contribution in [0.15, 0.2) is 79.7 Å². The summed E-state index contributed by atoms with van der Waals surface area (Å²) >= 11 is 0. The minimum Gasteiger partial charge on any atom is -0.461 e. The Hall–Kier alpha value is -3.69. The molecule has 0 spiro atoms. The van der Waals surface area contributed by atoms with Crippen molar-refractivity contribution in [2.24, 2.45) is 0 Å². The number of halogens is 1. The molecule has 1 N–H and O–H groups in total. The molecule has 1 atom stereocenters. The van der Waals surface area contributed by atoms with Crippen molar-refractivity contribution >= 4 is 28.1 Å². The second kappa shape index (κ2) is 8.33. The average Bonchev–Trinajstić information content (AvgIpc) is 2.67. The molecule has 1 unspecified atom stereocenters. The van der Waals surface area contributed by atoms with Crippen molar-refractivity contribution in [2.45, 2.75) is 13.3 Å². The first-order valence-corrected chi connectivity index (χ1v) is 8.63. The summed E-state index contributed by atoms with van der Waals surface area (Å²) in [4.78, 5) is 16.7. The van der Waals surface area contributed by atoms with Crippen molar-refractivity contribution in [2.75, 3.05) is 5.32 Å². The Bertz CT molecular complexity index is 1080. The maximum absolute atomic E-state index is 12.9. The molecule has 4 nitrogen and oxygen atoms in total. The van der Waals surface area contributed by atoms with E-state index in [-0.39, 0.29) is 5.91 Å². The van der Waals surface area contributed by atoms with Crippen LogP contribution in [0.2, 0.25) is 0 Å². The Morgan fingerprint density at radius 3 is 2.57 bits per heavy atom. The number of pyridine rings is 1. The Balaban J connectivity index is 1.80. The number of benzene rings is 2. The number of alkyl halides is 1. The summed E-state index contributed by atoms with van der Waals surface area (Å²) in [6, 6.07) is 13.9. The average molecular weight is 374 g/mol. The molecule has 0 bridgehead atoms. The summed E-state index contributed by atoms with van der Waals surface area (Å²) in [5, 5.41) is 4.63. The van der Waals surface area contributed by atoms with Gasteiger partial charge in [-0.25, -0.2) is 9.37 Å². The summed E-state index contributed by atoms with van der Waals surface area (Å²) in [6.07, 6.45) is 1.99. The smallest absolute Gasteiger partial charge is 0.256 e. The van der Waals surface area contributed by atoms with Gasteiger partial charge in [0.2, 0.25) is 6.36 Å². The highest BCUT2D eigenvalue weighted by molar-refractivity contribution is 6.04. The first-order chi connectivity index (χ1) is 13.5. The van der Waals surface area contributed by atoms with E-state index in [4.69, 9.17) is 4.74 Å². The van der Waals surface area contributed by atoms with Crippen LogP contribution < -0.4 is 10.1 Å². The molecule has 1 amide bonds. The molecule has 0 aliphatic rings. The third-order valence-electron chi connectivity index (χ3n) is 4.03. The quantitative estimate of drug-likeness (QED) is 0.455. The van der Waals surface area contributed by atoms with Crippen LogP contribution in [0, 0.1) is 0 Å². The third kappa shape index (κ3) is 4.53. The van der Waals surface area contributed by atoms with Crippen LogP contribution in [0.3, 0.4) is 0 Å². The Kier molecular flexibility index (Phi) is 5.68. The predicted octanol–water partition coefficient (Wildman–Crippen LogP) is 5.54. The van der Waals surface area contributed by atoms with Crippen LogP contribution in [-0.4, -0.2) is 17.2 Å².